The summed E-state index contributed by atoms with van der Waals surface area (Å²) in [5, 5.41) is 20.9. The maximum atomic E-state index is 10.9. The third-order valence-corrected chi connectivity index (χ3v) is 4.20. The second-order valence-corrected chi connectivity index (χ2v) is 6.01. The topological polar surface area (TPSA) is 72.6 Å². The fourth-order valence-electron chi connectivity index (χ4n) is 3.01. The van der Waals surface area contributed by atoms with Crippen molar-refractivity contribution < 1.29 is 14.8 Å². The van der Waals surface area contributed by atoms with Crippen LogP contribution in [-0.2, 0) is 0 Å². The molecule has 1 aliphatic carbocycles. The molecule has 1 atom stereocenters. The molecular formula is C16H23NO4. The van der Waals surface area contributed by atoms with Gasteiger partial charge in [-0.3, -0.25) is 10.1 Å². The number of aryl methyl sites for hydroxylation is 2. The average Bonchev–Trinajstić information content (AvgIpc) is 2.91. The Morgan fingerprint density at radius 3 is 2.62 bits per heavy atom. The Balaban J connectivity index is 1.93. The lowest BCUT2D eigenvalue weighted by Crippen LogP contribution is -2.20. The van der Waals surface area contributed by atoms with Gasteiger partial charge in [-0.25, -0.2) is 0 Å². The molecule has 116 valence electrons. The summed E-state index contributed by atoms with van der Waals surface area (Å²) in [5.41, 5.74) is 1.40. The van der Waals surface area contributed by atoms with E-state index >= 15 is 0 Å². The molecule has 0 aromatic heterocycles. The summed E-state index contributed by atoms with van der Waals surface area (Å²) in [6.45, 7) is 3.72. The first-order valence-corrected chi connectivity index (χ1v) is 7.54. The molecule has 2 rings (SSSR count). The van der Waals surface area contributed by atoms with Crippen LogP contribution in [0.1, 0.15) is 43.2 Å². The second kappa shape index (κ2) is 6.89. The van der Waals surface area contributed by atoms with Gasteiger partial charge in [0, 0.05) is 11.6 Å². The predicted octanol–water partition coefficient (Wildman–Crippen LogP) is 3.53. The van der Waals surface area contributed by atoms with Crippen LogP contribution in [0.5, 0.6) is 5.75 Å². The monoisotopic (exact) mass is 293 g/mol. The van der Waals surface area contributed by atoms with Gasteiger partial charge in [0.25, 0.3) is 5.69 Å². The Kier molecular flexibility index (Phi) is 5.17. The molecular weight excluding hydrogens is 270 g/mol. The minimum absolute atomic E-state index is 0.103. The quantitative estimate of drug-likeness (QED) is 0.643. The van der Waals surface area contributed by atoms with Crippen LogP contribution in [0.15, 0.2) is 12.1 Å². The molecule has 0 radical (unpaired) electrons. The Hall–Kier alpha value is -1.62. The molecule has 1 saturated carbocycles. The normalized spacial score (nSPS) is 16.9. The number of hydrogen-bond donors (Lipinski definition) is 1. The highest BCUT2D eigenvalue weighted by Gasteiger charge is 2.20. The maximum Gasteiger partial charge on any atom is 0.272 e. The summed E-state index contributed by atoms with van der Waals surface area (Å²) in [5.74, 6) is 1.23. The molecule has 0 amide bonds. The minimum Gasteiger partial charge on any atom is -0.491 e. The Morgan fingerprint density at radius 1 is 1.33 bits per heavy atom. The highest BCUT2D eigenvalue weighted by Crippen LogP contribution is 2.30. The van der Waals surface area contributed by atoms with Crippen molar-refractivity contribution in [1.29, 1.82) is 0 Å². The molecule has 1 aliphatic rings. The van der Waals surface area contributed by atoms with Gasteiger partial charge in [-0.05, 0) is 37.8 Å². The van der Waals surface area contributed by atoms with Crippen molar-refractivity contribution in [3.05, 3.63) is 33.4 Å². The Bertz CT molecular complexity index is 509. The van der Waals surface area contributed by atoms with Crippen LogP contribution in [0, 0.1) is 29.9 Å². The highest BCUT2D eigenvalue weighted by atomic mass is 16.6. The van der Waals surface area contributed by atoms with Crippen LogP contribution >= 0.6 is 0 Å². The van der Waals surface area contributed by atoms with E-state index in [1.165, 1.54) is 31.7 Å². The molecule has 0 heterocycles. The Morgan fingerprint density at radius 2 is 2.00 bits per heavy atom. The van der Waals surface area contributed by atoms with Crippen molar-refractivity contribution in [3.63, 3.8) is 0 Å². The van der Waals surface area contributed by atoms with E-state index in [1.807, 2.05) is 0 Å². The number of nitro benzene ring substituents is 1. The fraction of sp³-hybridized carbons (Fsp3) is 0.625. The number of hydrogen-bond acceptors (Lipinski definition) is 4. The number of benzene rings is 1. The van der Waals surface area contributed by atoms with Gasteiger partial charge in [-0.2, -0.15) is 0 Å². The summed E-state index contributed by atoms with van der Waals surface area (Å²) >= 11 is 0. The van der Waals surface area contributed by atoms with Crippen molar-refractivity contribution >= 4 is 5.69 Å². The predicted molar refractivity (Wildman–Crippen MR) is 80.6 cm³/mol. The molecule has 5 heteroatoms. The van der Waals surface area contributed by atoms with Crippen LogP contribution in [0.3, 0.4) is 0 Å². The SMILES string of the molecule is Cc1cc([N+](=O)[O-])c(C)cc1OCC(O)CC1CCCC1. The lowest BCUT2D eigenvalue weighted by Gasteiger charge is -2.17. The second-order valence-electron chi connectivity index (χ2n) is 6.01. The number of ether oxygens (including phenoxy) is 1. The van der Waals surface area contributed by atoms with Crippen LogP contribution < -0.4 is 4.74 Å². The first kappa shape index (κ1) is 15.8. The molecule has 5 nitrogen and oxygen atoms in total. The first-order valence-electron chi connectivity index (χ1n) is 7.54. The number of aliphatic hydroxyl groups excluding tert-OH is 1. The summed E-state index contributed by atoms with van der Waals surface area (Å²) in [6.07, 6.45) is 5.24. The van der Waals surface area contributed by atoms with Crippen LogP contribution in [0.25, 0.3) is 0 Å². The summed E-state index contributed by atoms with van der Waals surface area (Å²) in [6, 6.07) is 3.20. The van der Waals surface area contributed by atoms with Gasteiger partial charge >= 0.3 is 0 Å². The molecule has 1 N–H and O–H groups in total. The molecule has 21 heavy (non-hydrogen) atoms. The smallest absolute Gasteiger partial charge is 0.272 e. The van der Waals surface area contributed by atoms with Gasteiger partial charge in [0.1, 0.15) is 12.4 Å². The van der Waals surface area contributed by atoms with Gasteiger partial charge in [0.2, 0.25) is 0 Å². The Labute approximate surface area is 125 Å². The van der Waals surface area contributed by atoms with Crippen molar-refractivity contribution in [1.82, 2.24) is 0 Å². The molecule has 0 aliphatic heterocycles. The number of nitrogens with zero attached hydrogens (tertiary/aromatic N) is 1. The standard InChI is InChI=1S/C16H23NO4/c1-11-8-16(12(2)7-15(11)17(19)20)21-10-14(18)9-13-5-3-4-6-13/h7-8,13-14,18H,3-6,9-10H2,1-2H3. The zero-order chi connectivity index (χ0) is 15.4. The largest absolute Gasteiger partial charge is 0.491 e. The van der Waals surface area contributed by atoms with Gasteiger partial charge in [0.05, 0.1) is 11.0 Å². The van der Waals surface area contributed by atoms with E-state index in [0.717, 1.165) is 12.0 Å². The first-order chi connectivity index (χ1) is 9.97. The fourth-order valence-corrected chi connectivity index (χ4v) is 3.01. The summed E-state index contributed by atoms with van der Waals surface area (Å²) in [4.78, 5) is 10.5. The van der Waals surface area contributed by atoms with Crippen molar-refractivity contribution in [2.75, 3.05) is 6.61 Å². The summed E-state index contributed by atoms with van der Waals surface area (Å²) in [7, 11) is 0. The van der Waals surface area contributed by atoms with E-state index in [9.17, 15) is 15.2 Å². The maximum absolute atomic E-state index is 10.9. The van der Waals surface area contributed by atoms with E-state index in [2.05, 4.69) is 0 Å². The third kappa shape index (κ3) is 4.17. The van der Waals surface area contributed by atoms with Crippen molar-refractivity contribution in [3.8, 4) is 5.75 Å². The highest BCUT2D eigenvalue weighted by molar-refractivity contribution is 5.49. The molecule has 1 aromatic rings. The van der Waals surface area contributed by atoms with Crippen LogP contribution in [0.2, 0.25) is 0 Å². The van der Waals surface area contributed by atoms with E-state index in [1.54, 1.807) is 19.9 Å². The van der Waals surface area contributed by atoms with E-state index < -0.39 is 6.10 Å². The van der Waals surface area contributed by atoms with Gasteiger partial charge < -0.3 is 9.84 Å². The van der Waals surface area contributed by atoms with Gasteiger partial charge in [-0.15, -0.1) is 0 Å². The molecule has 1 aromatic carbocycles. The van der Waals surface area contributed by atoms with Crippen LogP contribution in [-0.4, -0.2) is 22.7 Å². The molecule has 0 saturated heterocycles. The van der Waals surface area contributed by atoms with Gasteiger partial charge in [-0.1, -0.05) is 25.7 Å². The number of rotatable bonds is 6. The third-order valence-electron chi connectivity index (χ3n) is 4.20. The average molecular weight is 293 g/mol. The number of nitro groups is 1. The zero-order valence-corrected chi connectivity index (χ0v) is 12.7. The molecule has 0 bridgehead atoms. The van der Waals surface area contributed by atoms with E-state index in [0.29, 0.717) is 17.2 Å². The molecule has 0 spiro atoms. The number of aliphatic hydroxyl groups is 1. The lowest BCUT2D eigenvalue weighted by molar-refractivity contribution is -0.385. The minimum atomic E-state index is -0.469. The van der Waals surface area contributed by atoms with E-state index in [4.69, 9.17) is 4.74 Å². The lowest BCUT2D eigenvalue weighted by atomic mass is 10.0. The van der Waals surface area contributed by atoms with Crippen LogP contribution in [0.4, 0.5) is 5.69 Å². The molecule has 1 unspecified atom stereocenters. The van der Waals surface area contributed by atoms with Crippen molar-refractivity contribution in [2.45, 2.75) is 52.1 Å². The zero-order valence-electron chi connectivity index (χ0n) is 12.7. The summed E-state index contributed by atoms with van der Waals surface area (Å²) < 4.78 is 5.65. The van der Waals surface area contributed by atoms with E-state index in [-0.39, 0.29) is 17.2 Å². The van der Waals surface area contributed by atoms with Crippen molar-refractivity contribution in [2.24, 2.45) is 5.92 Å². The molecule has 1 fully saturated rings. The van der Waals surface area contributed by atoms with Gasteiger partial charge in [0.15, 0.2) is 0 Å².